The van der Waals surface area contributed by atoms with Crippen LogP contribution in [-0.2, 0) is 0 Å². The molecule has 0 aliphatic rings. The highest BCUT2D eigenvalue weighted by molar-refractivity contribution is 5.50. The van der Waals surface area contributed by atoms with E-state index in [1.165, 1.54) is 6.20 Å². The molecule has 4 N–H and O–H groups in total. The first-order valence-electron chi connectivity index (χ1n) is 4.66. The predicted octanol–water partition coefficient (Wildman–Crippen LogP) is 0.677. The van der Waals surface area contributed by atoms with Crippen molar-refractivity contribution >= 4 is 5.69 Å². The molecule has 1 heterocycles. The minimum Gasteiger partial charge on any atom is -0.397 e. The Morgan fingerprint density at radius 2 is 2.31 bits per heavy atom. The van der Waals surface area contributed by atoms with Crippen molar-refractivity contribution in [1.29, 1.82) is 0 Å². The van der Waals surface area contributed by atoms with E-state index in [4.69, 9.17) is 11.3 Å². The lowest BCUT2D eigenvalue weighted by Crippen LogP contribution is -2.23. The molecular weight excluding hydrogens is 210 g/mol. The van der Waals surface area contributed by atoms with Gasteiger partial charge < -0.3 is 15.9 Å². The van der Waals surface area contributed by atoms with Crippen molar-refractivity contribution in [2.75, 3.05) is 12.3 Å². The summed E-state index contributed by atoms with van der Waals surface area (Å²) in [6.45, 7) is 1.54. The highest BCUT2D eigenvalue weighted by Gasteiger charge is 2.21. The molecule has 1 aromatic heterocycles. The molecule has 2 unspecified atom stereocenters. The normalized spacial score (nSPS) is 13.9. The molecule has 0 saturated carbocycles. The molecule has 0 saturated heterocycles. The number of azide groups is 1. The van der Waals surface area contributed by atoms with Crippen molar-refractivity contribution in [3.63, 3.8) is 0 Å². The van der Waals surface area contributed by atoms with Crippen LogP contribution in [0.4, 0.5) is 5.69 Å². The van der Waals surface area contributed by atoms with Crippen LogP contribution < -0.4 is 5.73 Å². The second-order valence-electron chi connectivity index (χ2n) is 3.35. The molecule has 0 aromatic carbocycles. The summed E-state index contributed by atoms with van der Waals surface area (Å²) >= 11 is 0. The number of nitrogens with zero attached hydrogens (tertiary/aromatic N) is 4. The molecule has 16 heavy (non-hydrogen) atoms. The van der Waals surface area contributed by atoms with Gasteiger partial charge in [0.1, 0.15) is 6.10 Å². The van der Waals surface area contributed by atoms with E-state index in [0.717, 1.165) is 5.56 Å². The predicted molar refractivity (Wildman–Crippen MR) is 58.4 cm³/mol. The Kier molecular flexibility index (Phi) is 4.07. The van der Waals surface area contributed by atoms with Crippen molar-refractivity contribution in [1.82, 2.24) is 4.98 Å². The molecular formula is C9H13N5O2. The number of aliphatic hydroxyl groups excluding tert-OH is 2. The largest absolute Gasteiger partial charge is 0.397 e. The Morgan fingerprint density at radius 1 is 1.62 bits per heavy atom. The van der Waals surface area contributed by atoms with Crippen LogP contribution in [0.5, 0.6) is 0 Å². The maximum Gasteiger partial charge on any atom is 0.124 e. The van der Waals surface area contributed by atoms with Gasteiger partial charge in [0.15, 0.2) is 0 Å². The minimum absolute atomic E-state index is 0.195. The van der Waals surface area contributed by atoms with E-state index in [1.54, 1.807) is 13.0 Å². The fourth-order valence-corrected chi connectivity index (χ4v) is 1.23. The fourth-order valence-electron chi connectivity index (χ4n) is 1.23. The van der Waals surface area contributed by atoms with Crippen LogP contribution in [-0.4, -0.2) is 27.8 Å². The van der Waals surface area contributed by atoms with Crippen LogP contribution in [0, 0.1) is 6.92 Å². The molecule has 0 radical (unpaired) electrons. The molecule has 1 aromatic rings. The van der Waals surface area contributed by atoms with Gasteiger partial charge in [-0.05, 0) is 24.1 Å². The number of nitrogen functional groups attached to an aromatic ring is 1. The third-order valence-electron chi connectivity index (χ3n) is 2.22. The average Bonchev–Trinajstić information content (AvgIpc) is 2.28. The van der Waals surface area contributed by atoms with Crippen LogP contribution in [0.25, 0.3) is 10.4 Å². The number of rotatable bonds is 4. The summed E-state index contributed by atoms with van der Waals surface area (Å²) in [5.74, 6) is 0. The first-order valence-corrected chi connectivity index (χ1v) is 4.66. The van der Waals surface area contributed by atoms with E-state index in [0.29, 0.717) is 5.69 Å². The lowest BCUT2D eigenvalue weighted by Gasteiger charge is -2.17. The number of aryl methyl sites for hydroxylation is 1. The Labute approximate surface area is 92.2 Å². The summed E-state index contributed by atoms with van der Waals surface area (Å²) < 4.78 is 0. The van der Waals surface area contributed by atoms with Gasteiger partial charge >= 0.3 is 0 Å². The third kappa shape index (κ3) is 2.60. The van der Waals surface area contributed by atoms with Gasteiger partial charge in [0.2, 0.25) is 0 Å². The molecule has 7 nitrogen and oxygen atoms in total. The standard InChI is InChI=1S/C9H13N5O2/c1-5-2-3-12-8(7(5)10)9(16)6(15)4-13-14-11/h2-3,6,9,15-16H,4,10H2,1H3. The first-order chi connectivity index (χ1) is 7.57. The molecule has 7 heteroatoms. The van der Waals surface area contributed by atoms with Crippen LogP contribution in [0.15, 0.2) is 17.4 Å². The van der Waals surface area contributed by atoms with Crippen LogP contribution in [0.1, 0.15) is 17.4 Å². The Balaban J connectivity index is 2.91. The summed E-state index contributed by atoms with van der Waals surface area (Å²) in [6.07, 6.45) is -0.984. The second kappa shape index (κ2) is 5.32. The molecule has 0 aliphatic carbocycles. The monoisotopic (exact) mass is 223 g/mol. The molecule has 1 rings (SSSR count). The second-order valence-corrected chi connectivity index (χ2v) is 3.35. The number of anilines is 1. The fraction of sp³-hybridized carbons (Fsp3) is 0.444. The van der Waals surface area contributed by atoms with E-state index >= 15 is 0 Å². The minimum atomic E-state index is -1.26. The average molecular weight is 223 g/mol. The topological polar surface area (TPSA) is 128 Å². The Morgan fingerprint density at radius 3 is 2.94 bits per heavy atom. The number of nitrogens with two attached hydrogens (primary N) is 1. The maximum atomic E-state index is 9.75. The highest BCUT2D eigenvalue weighted by atomic mass is 16.3. The summed E-state index contributed by atoms with van der Waals surface area (Å²) in [6, 6.07) is 1.70. The Hall–Kier alpha value is -1.82. The van der Waals surface area contributed by atoms with Gasteiger partial charge in [-0.3, -0.25) is 4.98 Å². The third-order valence-corrected chi connectivity index (χ3v) is 2.22. The summed E-state index contributed by atoms with van der Waals surface area (Å²) in [7, 11) is 0. The number of hydrogen-bond donors (Lipinski definition) is 3. The molecule has 86 valence electrons. The zero-order chi connectivity index (χ0) is 12.1. The molecule has 0 aliphatic heterocycles. The van der Waals surface area contributed by atoms with E-state index in [1.807, 2.05) is 0 Å². The zero-order valence-corrected chi connectivity index (χ0v) is 8.78. The zero-order valence-electron chi connectivity index (χ0n) is 8.78. The van der Waals surface area contributed by atoms with E-state index in [2.05, 4.69) is 15.0 Å². The van der Waals surface area contributed by atoms with Gasteiger partial charge in [0.25, 0.3) is 0 Å². The van der Waals surface area contributed by atoms with Gasteiger partial charge in [-0.15, -0.1) is 0 Å². The highest BCUT2D eigenvalue weighted by Crippen LogP contribution is 2.23. The van der Waals surface area contributed by atoms with E-state index in [9.17, 15) is 10.2 Å². The van der Waals surface area contributed by atoms with Gasteiger partial charge in [-0.2, -0.15) is 0 Å². The van der Waals surface area contributed by atoms with Crippen molar-refractivity contribution in [3.8, 4) is 0 Å². The van der Waals surface area contributed by atoms with Gasteiger partial charge in [-0.1, -0.05) is 5.11 Å². The molecule has 0 spiro atoms. The molecule has 0 fully saturated rings. The lowest BCUT2D eigenvalue weighted by molar-refractivity contribution is 0.0222. The van der Waals surface area contributed by atoms with Crippen LogP contribution in [0.2, 0.25) is 0 Å². The molecule has 0 bridgehead atoms. The summed E-state index contributed by atoms with van der Waals surface area (Å²) in [5.41, 5.74) is 15.1. The van der Waals surface area contributed by atoms with Crippen LogP contribution >= 0.6 is 0 Å². The SMILES string of the molecule is Cc1ccnc(C(O)C(O)CN=[N+]=[N-])c1N. The van der Waals surface area contributed by atoms with Crippen molar-refractivity contribution in [2.24, 2.45) is 5.11 Å². The van der Waals surface area contributed by atoms with Crippen LogP contribution in [0.3, 0.4) is 0 Å². The number of pyridine rings is 1. The maximum absolute atomic E-state index is 9.75. The number of hydrogen-bond acceptors (Lipinski definition) is 5. The summed E-state index contributed by atoms with van der Waals surface area (Å²) in [4.78, 5) is 6.39. The van der Waals surface area contributed by atoms with Crippen molar-refractivity contribution < 1.29 is 10.2 Å². The van der Waals surface area contributed by atoms with Gasteiger partial charge in [-0.25, -0.2) is 0 Å². The molecule has 0 amide bonds. The molecule has 2 atom stereocenters. The Bertz CT molecular complexity index is 416. The lowest BCUT2D eigenvalue weighted by atomic mass is 10.1. The van der Waals surface area contributed by atoms with Gasteiger partial charge in [0, 0.05) is 11.1 Å². The van der Waals surface area contributed by atoms with Crippen molar-refractivity contribution in [3.05, 3.63) is 34.0 Å². The number of aliphatic hydroxyl groups is 2. The quantitative estimate of drug-likeness (QED) is 0.393. The first kappa shape index (κ1) is 12.3. The number of aromatic nitrogens is 1. The van der Waals surface area contributed by atoms with E-state index < -0.39 is 12.2 Å². The van der Waals surface area contributed by atoms with E-state index in [-0.39, 0.29) is 12.2 Å². The smallest absolute Gasteiger partial charge is 0.124 e. The van der Waals surface area contributed by atoms with Crippen molar-refractivity contribution in [2.45, 2.75) is 19.1 Å². The van der Waals surface area contributed by atoms with Gasteiger partial charge in [0.05, 0.1) is 24.0 Å². The summed E-state index contributed by atoms with van der Waals surface area (Å²) in [5, 5.41) is 22.4.